The van der Waals surface area contributed by atoms with Crippen LogP contribution >= 0.6 is 0 Å². The molecule has 1 aromatic rings. The number of ether oxygens (including phenoxy) is 1. The largest absolute Gasteiger partial charge is 0.373 e. The van der Waals surface area contributed by atoms with Gasteiger partial charge in [0.25, 0.3) is 0 Å². The highest BCUT2D eigenvalue weighted by atomic mass is 16.5. The predicted molar refractivity (Wildman–Crippen MR) is 96.0 cm³/mol. The third-order valence-electron chi connectivity index (χ3n) is 5.10. The van der Waals surface area contributed by atoms with Crippen molar-refractivity contribution in [2.45, 2.75) is 51.4 Å². The number of rotatable bonds is 4. The lowest BCUT2D eigenvalue weighted by molar-refractivity contribution is -0.132. The number of benzene rings is 1. The van der Waals surface area contributed by atoms with E-state index in [0.717, 1.165) is 44.6 Å². The van der Waals surface area contributed by atoms with E-state index in [9.17, 15) is 4.79 Å². The van der Waals surface area contributed by atoms with E-state index in [4.69, 9.17) is 10.00 Å². The van der Waals surface area contributed by atoms with Gasteiger partial charge in [-0.15, -0.1) is 0 Å². The number of nitriles is 1. The molecule has 0 aromatic heterocycles. The Hall–Kier alpha value is -1.90. The zero-order valence-corrected chi connectivity index (χ0v) is 15.1. The SMILES string of the molecule is CC1CN(CC2CCCN2C(=O)Cc2ccc(C#N)cc2)CC(C)O1. The molecule has 0 spiro atoms. The quantitative estimate of drug-likeness (QED) is 0.842. The molecule has 0 N–H and O–H groups in total. The van der Waals surface area contributed by atoms with Crippen molar-refractivity contribution in [3.05, 3.63) is 35.4 Å². The fourth-order valence-corrected chi connectivity index (χ4v) is 4.06. The maximum absolute atomic E-state index is 12.8. The number of carbonyl (C=O) groups excluding carboxylic acids is 1. The summed E-state index contributed by atoms with van der Waals surface area (Å²) in [5.74, 6) is 0.196. The highest BCUT2D eigenvalue weighted by molar-refractivity contribution is 5.79. The minimum absolute atomic E-state index is 0.196. The zero-order valence-electron chi connectivity index (χ0n) is 15.1. The molecule has 1 aromatic carbocycles. The summed E-state index contributed by atoms with van der Waals surface area (Å²) in [6.07, 6.45) is 3.09. The monoisotopic (exact) mass is 341 g/mol. The Morgan fingerprint density at radius 2 is 1.92 bits per heavy atom. The first-order valence-corrected chi connectivity index (χ1v) is 9.21. The Balaban J connectivity index is 1.58. The van der Waals surface area contributed by atoms with E-state index < -0.39 is 0 Å². The summed E-state index contributed by atoms with van der Waals surface area (Å²) in [6, 6.07) is 9.74. The number of amides is 1. The lowest BCUT2D eigenvalue weighted by atomic mass is 10.1. The molecule has 0 radical (unpaired) electrons. The van der Waals surface area contributed by atoms with Crippen LogP contribution < -0.4 is 0 Å². The molecule has 2 aliphatic rings. The minimum atomic E-state index is 0.196. The van der Waals surface area contributed by atoms with Crippen molar-refractivity contribution in [2.24, 2.45) is 0 Å². The fraction of sp³-hybridized carbons (Fsp3) is 0.600. The molecule has 3 unspecified atom stereocenters. The number of hydrogen-bond acceptors (Lipinski definition) is 4. The highest BCUT2D eigenvalue weighted by Crippen LogP contribution is 2.21. The first-order valence-electron chi connectivity index (χ1n) is 9.21. The van der Waals surface area contributed by atoms with Gasteiger partial charge in [-0.1, -0.05) is 12.1 Å². The lowest BCUT2D eigenvalue weighted by Crippen LogP contribution is -2.51. The smallest absolute Gasteiger partial charge is 0.227 e. The summed E-state index contributed by atoms with van der Waals surface area (Å²) in [4.78, 5) is 17.3. The van der Waals surface area contributed by atoms with E-state index in [0.29, 0.717) is 18.0 Å². The molecule has 5 nitrogen and oxygen atoms in total. The first-order chi connectivity index (χ1) is 12.0. The summed E-state index contributed by atoms with van der Waals surface area (Å²) in [6.45, 7) is 7.92. The average Bonchev–Trinajstić information content (AvgIpc) is 3.03. The van der Waals surface area contributed by atoms with Gasteiger partial charge in [0, 0.05) is 32.2 Å². The topological polar surface area (TPSA) is 56.6 Å². The number of hydrogen-bond donors (Lipinski definition) is 0. The molecule has 134 valence electrons. The summed E-state index contributed by atoms with van der Waals surface area (Å²) in [7, 11) is 0. The van der Waals surface area contributed by atoms with Gasteiger partial charge in [0.1, 0.15) is 0 Å². The van der Waals surface area contributed by atoms with Crippen LogP contribution in [-0.4, -0.2) is 60.1 Å². The van der Waals surface area contributed by atoms with Crippen molar-refractivity contribution in [1.29, 1.82) is 5.26 Å². The minimum Gasteiger partial charge on any atom is -0.373 e. The molecule has 0 saturated carbocycles. The van der Waals surface area contributed by atoms with Crippen LogP contribution in [0.4, 0.5) is 0 Å². The Kier molecular flexibility index (Phi) is 5.72. The van der Waals surface area contributed by atoms with E-state index >= 15 is 0 Å². The van der Waals surface area contributed by atoms with Gasteiger partial charge >= 0.3 is 0 Å². The second kappa shape index (κ2) is 7.99. The summed E-state index contributed by atoms with van der Waals surface area (Å²) < 4.78 is 5.81. The Bertz CT molecular complexity index is 627. The number of nitrogens with zero attached hydrogens (tertiary/aromatic N) is 3. The van der Waals surface area contributed by atoms with Gasteiger partial charge in [-0.05, 0) is 44.4 Å². The van der Waals surface area contributed by atoms with E-state index in [-0.39, 0.29) is 18.1 Å². The maximum atomic E-state index is 12.8. The van der Waals surface area contributed by atoms with Crippen LogP contribution in [0, 0.1) is 11.3 Å². The van der Waals surface area contributed by atoms with Crippen LogP contribution in [0.5, 0.6) is 0 Å². The summed E-state index contributed by atoms with van der Waals surface area (Å²) in [5.41, 5.74) is 1.61. The second-order valence-corrected chi connectivity index (χ2v) is 7.34. The summed E-state index contributed by atoms with van der Waals surface area (Å²) >= 11 is 0. The van der Waals surface area contributed by atoms with Crippen molar-refractivity contribution in [3.63, 3.8) is 0 Å². The van der Waals surface area contributed by atoms with Crippen LogP contribution in [0.3, 0.4) is 0 Å². The van der Waals surface area contributed by atoms with E-state index in [2.05, 4.69) is 29.7 Å². The van der Waals surface area contributed by atoms with Crippen LogP contribution in [0.25, 0.3) is 0 Å². The van der Waals surface area contributed by atoms with Gasteiger partial charge in [0.2, 0.25) is 5.91 Å². The van der Waals surface area contributed by atoms with Crippen LogP contribution in [0.2, 0.25) is 0 Å². The third kappa shape index (κ3) is 4.59. The van der Waals surface area contributed by atoms with E-state index in [1.807, 2.05) is 12.1 Å². The first kappa shape index (κ1) is 17.9. The van der Waals surface area contributed by atoms with E-state index in [1.165, 1.54) is 0 Å². The fourth-order valence-electron chi connectivity index (χ4n) is 4.06. The van der Waals surface area contributed by atoms with Gasteiger partial charge in [0.05, 0.1) is 30.3 Å². The maximum Gasteiger partial charge on any atom is 0.227 e. The normalized spacial score (nSPS) is 27.2. The van der Waals surface area contributed by atoms with E-state index in [1.54, 1.807) is 12.1 Å². The molecule has 2 aliphatic heterocycles. The van der Waals surface area contributed by atoms with Gasteiger partial charge in [-0.3, -0.25) is 9.69 Å². The van der Waals surface area contributed by atoms with Crippen molar-refractivity contribution in [2.75, 3.05) is 26.2 Å². The molecule has 2 saturated heterocycles. The standard InChI is InChI=1S/C20H27N3O2/c1-15-12-22(13-16(2)25-15)14-19-4-3-9-23(19)20(24)10-17-5-7-18(11-21)8-6-17/h5-8,15-16,19H,3-4,9-10,12-14H2,1-2H3. The molecule has 3 atom stereocenters. The predicted octanol–water partition coefficient (Wildman–Crippen LogP) is 2.20. The Morgan fingerprint density at radius 3 is 2.56 bits per heavy atom. The highest BCUT2D eigenvalue weighted by Gasteiger charge is 2.32. The molecule has 0 bridgehead atoms. The molecule has 25 heavy (non-hydrogen) atoms. The van der Waals surface area contributed by atoms with Crippen molar-refractivity contribution < 1.29 is 9.53 Å². The molecule has 2 heterocycles. The third-order valence-corrected chi connectivity index (χ3v) is 5.10. The van der Waals surface area contributed by atoms with Gasteiger partial charge in [0.15, 0.2) is 0 Å². The molecule has 3 rings (SSSR count). The molecule has 5 heteroatoms. The van der Waals surface area contributed by atoms with Gasteiger partial charge in [-0.2, -0.15) is 5.26 Å². The Labute approximate surface area is 150 Å². The van der Waals surface area contributed by atoms with Crippen molar-refractivity contribution >= 4 is 5.91 Å². The average molecular weight is 341 g/mol. The molecular weight excluding hydrogens is 314 g/mol. The van der Waals surface area contributed by atoms with Crippen LogP contribution in [0.15, 0.2) is 24.3 Å². The second-order valence-electron chi connectivity index (χ2n) is 7.34. The zero-order chi connectivity index (χ0) is 17.8. The number of likely N-dealkylation sites (tertiary alicyclic amines) is 1. The molecule has 1 amide bonds. The van der Waals surface area contributed by atoms with Crippen molar-refractivity contribution in [3.8, 4) is 6.07 Å². The lowest BCUT2D eigenvalue weighted by Gasteiger charge is -2.38. The van der Waals surface area contributed by atoms with Gasteiger partial charge in [-0.25, -0.2) is 0 Å². The van der Waals surface area contributed by atoms with Crippen molar-refractivity contribution in [1.82, 2.24) is 9.80 Å². The molecule has 2 fully saturated rings. The number of carbonyl (C=O) groups is 1. The van der Waals surface area contributed by atoms with Crippen LogP contribution in [-0.2, 0) is 16.0 Å². The molecular formula is C20H27N3O2. The van der Waals surface area contributed by atoms with Crippen LogP contribution in [0.1, 0.15) is 37.8 Å². The molecule has 0 aliphatic carbocycles. The summed E-state index contributed by atoms with van der Waals surface area (Å²) in [5, 5.41) is 8.87. The Morgan fingerprint density at radius 1 is 1.24 bits per heavy atom. The number of morpholine rings is 1. The van der Waals surface area contributed by atoms with Gasteiger partial charge < -0.3 is 9.64 Å².